The molecule has 1 atom stereocenters. The summed E-state index contributed by atoms with van der Waals surface area (Å²) in [5.74, 6) is 1.37. The summed E-state index contributed by atoms with van der Waals surface area (Å²) in [4.78, 5) is 4.12. The van der Waals surface area contributed by atoms with Gasteiger partial charge in [0.2, 0.25) is 0 Å². The second-order valence-corrected chi connectivity index (χ2v) is 6.73. The molecule has 1 unspecified atom stereocenters. The fraction of sp³-hybridized carbons (Fsp3) is 0.286. The molecule has 0 amide bonds. The van der Waals surface area contributed by atoms with Crippen LogP contribution in [0.15, 0.2) is 61.2 Å². The fourth-order valence-electron chi connectivity index (χ4n) is 2.78. The molecule has 0 aliphatic carbocycles. The molecule has 3 rings (SSSR count). The molecule has 0 fully saturated rings. The molecule has 1 aromatic heterocycles. The Morgan fingerprint density at radius 2 is 1.96 bits per heavy atom. The van der Waals surface area contributed by atoms with Crippen LogP contribution in [0.3, 0.4) is 0 Å². The average Bonchev–Trinajstić information content (AvgIpc) is 3.16. The number of aromatic nitrogens is 2. The van der Waals surface area contributed by atoms with E-state index in [1.165, 1.54) is 11.1 Å². The summed E-state index contributed by atoms with van der Waals surface area (Å²) in [6.45, 7) is 2.80. The van der Waals surface area contributed by atoms with Crippen molar-refractivity contribution < 1.29 is 9.47 Å². The number of rotatable bonds is 8. The van der Waals surface area contributed by atoms with Gasteiger partial charge in [-0.3, -0.25) is 0 Å². The van der Waals surface area contributed by atoms with E-state index in [-0.39, 0.29) is 6.10 Å². The first-order valence-corrected chi connectivity index (χ1v) is 9.03. The molecule has 0 radical (unpaired) electrons. The van der Waals surface area contributed by atoms with Gasteiger partial charge in [0.05, 0.1) is 25.0 Å². The number of hydrogen-bond acceptors (Lipinski definition) is 3. The molecule has 0 aliphatic heterocycles. The van der Waals surface area contributed by atoms with Crippen molar-refractivity contribution in [2.75, 3.05) is 7.11 Å². The molecule has 0 spiro atoms. The Morgan fingerprint density at radius 3 is 2.65 bits per heavy atom. The largest absolute Gasteiger partial charge is 0.497 e. The van der Waals surface area contributed by atoms with Crippen molar-refractivity contribution in [3.05, 3.63) is 77.3 Å². The number of benzene rings is 2. The lowest BCUT2D eigenvalue weighted by molar-refractivity contribution is 0.170. The van der Waals surface area contributed by atoms with Crippen molar-refractivity contribution in [2.24, 2.45) is 0 Å². The molecular formula is C21H23ClN2O2. The van der Waals surface area contributed by atoms with E-state index in [0.29, 0.717) is 17.3 Å². The third-order valence-electron chi connectivity index (χ3n) is 4.28. The lowest BCUT2D eigenvalue weighted by Crippen LogP contribution is -2.23. The van der Waals surface area contributed by atoms with E-state index in [1.54, 1.807) is 25.7 Å². The molecule has 0 saturated carbocycles. The average molecular weight is 371 g/mol. The number of hydrogen-bond donors (Lipinski definition) is 0. The maximum absolute atomic E-state index is 6.31. The Labute approximate surface area is 159 Å². The van der Waals surface area contributed by atoms with E-state index < -0.39 is 0 Å². The summed E-state index contributed by atoms with van der Waals surface area (Å²) in [6.07, 6.45) is 7.28. The minimum absolute atomic E-state index is 0.0323. The van der Waals surface area contributed by atoms with Crippen LogP contribution in [0.2, 0.25) is 5.02 Å². The zero-order valence-corrected chi connectivity index (χ0v) is 15.8. The molecule has 3 aromatic rings. The normalized spacial score (nSPS) is 12.0. The van der Waals surface area contributed by atoms with Crippen LogP contribution in [0.5, 0.6) is 11.5 Å². The smallest absolute Gasteiger partial charge is 0.142 e. The SMILES string of the molecule is COc1ccc(Cl)c(OC(CCc2ccc(C)cc2)Cn2ccnc2)c1. The third-order valence-corrected chi connectivity index (χ3v) is 4.59. The highest BCUT2D eigenvalue weighted by Crippen LogP contribution is 2.30. The van der Waals surface area contributed by atoms with Gasteiger partial charge in [-0.1, -0.05) is 41.4 Å². The number of nitrogens with zero attached hydrogens (tertiary/aromatic N) is 2. The van der Waals surface area contributed by atoms with Crippen molar-refractivity contribution in [1.82, 2.24) is 9.55 Å². The van der Waals surface area contributed by atoms with Gasteiger partial charge < -0.3 is 14.0 Å². The number of aryl methyl sites for hydroxylation is 2. The minimum Gasteiger partial charge on any atom is -0.497 e. The van der Waals surface area contributed by atoms with Gasteiger partial charge in [-0.05, 0) is 37.5 Å². The third kappa shape index (κ3) is 5.02. The standard InChI is InChI=1S/C21H23ClN2O2/c1-16-3-5-17(6-4-16)7-8-19(14-24-12-11-23-15-24)26-21-13-18(25-2)9-10-20(21)22/h3-6,9-13,15,19H,7-8,14H2,1-2H3. The highest BCUT2D eigenvalue weighted by molar-refractivity contribution is 6.32. The Kier molecular flexibility index (Phi) is 6.18. The van der Waals surface area contributed by atoms with Crippen molar-refractivity contribution in [2.45, 2.75) is 32.4 Å². The number of ether oxygens (including phenoxy) is 2. The van der Waals surface area contributed by atoms with Crippen LogP contribution in [-0.4, -0.2) is 22.8 Å². The molecule has 0 bridgehead atoms. The molecule has 0 aliphatic rings. The highest BCUT2D eigenvalue weighted by Gasteiger charge is 2.15. The van der Waals surface area contributed by atoms with Crippen molar-refractivity contribution in [3.8, 4) is 11.5 Å². The Morgan fingerprint density at radius 1 is 1.15 bits per heavy atom. The van der Waals surface area contributed by atoms with Crippen LogP contribution >= 0.6 is 11.6 Å². The van der Waals surface area contributed by atoms with Gasteiger partial charge in [0.15, 0.2) is 0 Å². The summed E-state index contributed by atoms with van der Waals surface area (Å²) in [7, 11) is 1.63. The Balaban J connectivity index is 1.73. The molecule has 5 heteroatoms. The van der Waals surface area contributed by atoms with Crippen LogP contribution in [0, 0.1) is 6.92 Å². The predicted octanol–water partition coefficient (Wildman–Crippen LogP) is 4.93. The van der Waals surface area contributed by atoms with E-state index in [0.717, 1.165) is 18.6 Å². The lowest BCUT2D eigenvalue weighted by atomic mass is 10.1. The molecule has 26 heavy (non-hydrogen) atoms. The number of halogens is 1. The van der Waals surface area contributed by atoms with Crippen molar-refractivity contribution in [1.29, 1.82) is 0 Å². The predicted molar refractivity (Wildman–Crippen MR) is 104 cm³/mol. The topological polar surface area (TPSA) is 36.3 Å². The molecule has 1 heterocycles. The van der Waals surface area contributed by atoms with Crippen molar-refractivity contribution >= 4 is 11.6 Å². The van der Waals surface area contributed by atoms with Gasteiger partial charge >= 0.3 is 0 Å². The molecule has 2 aromatic carbocycles. The molecule has 4 nitrogen and oxygen atoms in total. The molecule has 0 N–H and O–H groups in total. The van der Waals surface area contributed by atoms with Crippen LogP contribution in [-0.2, 0) is 13.0 Å². The zero-order valence-electron chi connectivity index (χ0n) is 15.1. The van der Waals surface area contributed by atoms with Gasteiger partial charge in [0.1, 0.15) is 17.6 Å². The van der Waals surface area contributed by atoms with Crippen molar-refractivity contribution in [3.63, 3.8) is 0 Å². The first kappa shape index (κ1) is 18.3. The second-order valence-electron chi connectivity index (χ2n) is 6.32. The Bertz CT molecular complexity index is 817. The zero-order chi connectivity index (χ0) is 18.4. The Hall–Kier alpha value is -2.46. The fourth-order valence-corrected chi connectivity index (χ4v) is 2.94. The summed E-state index contributed by atoms with van der Waals surface area (Å²) in [6, 6.07) is 14.1. The van der Waals surface area contributed by atoms with Gasteiger partial charge in [0, 0.05) is 18.5 Å². The summed E-state index contributed by atoms with van der Waals surface area (Å²) in [5.41, 5.74) is 2.56. The first-order valence-electron chi connectivity index (χ1n) is 8.65. The maximum atomic E-state index is 6.31. The van der Waals surface area contributed by atoms with Crippen LogP contribution < -0.4 is 9.47 Å². The van der Waals surface area contributed by atoms with E-state index in [9.17, 15) is 0 Å². The minimum atomic E-state index is -0.0323. The number of methoxy groups -OCH3 is 1. The van der Waals surface area contributed by atoms with Crippen LogP contribution in [0.1, 0.15) is 17.5 Å². The van der Waals surface area contributed by atoms with Gasteiger partial charge in [-0.2, -0.15) is 0 Å². The summed E-state index contributed by atoms with van der Waals surface area (Å²) >= 11 is 6.31. The van der Waals surface area contributed by atoms with Crippen LogP contribution in [0.25, 0.3) is 0 Å². The van der Waals surface area contributed by atoms with E-state index >= 15 is 0 Å². The second kappa shape index (κ2) is 8.77. The maximum Gasteiger partial charge on any atom is 0.142 e. The molecular weight excluding hydrogens is 348 g/mol. The van der Waals surface area contributed by atoms with Crippen LogP contribution in [0.4, 0.5) is 0 Å². The van der Waals surface area contributed by atoms with E-state index in [2.05, 4.69) is 36.2 Å². The van der Waals surface area contributed by atoms with Gasteiger partial charge in [0.25, 0.3) is 0 Å². The summed E-state index contributed by atoms with van der Waals surface area (Å²) < 4.78 is 13.6. The number of imidazole rings is 1. The van der Waals surface area contributed by atoms with Gasteiger partial charge in [-0.25, -0.2) is 4.98 Å². The lowest BCUT2D eigenvalue weighted by Gasteiger charge is -2.21. The van der Waals surface area contributed by atoms with E-state index in [4.69, 9.17) is 21.1 Å². The van der Waals surface area contributed by atoms with E-state index in [1.807, 2.05) is 22.9 Å². The molecule has 0 saturated heterocycles. The highest BCUT2D eigenvalue weighted by atomic mass is 35.5. The quantitative estimate of drug-likeness (QED) is 0.563. The first-order chi connectivity index (χ1) is 12.6. The molecule has 136 valence electrons. The monoisotopic (exact) mass is 370 g/mol. The van der Waals surface area contributed by atoms with Gasteiger partial charge in [-0.15, -0.1) is 0 Å². The summed E-state index contributed by atoms with van der Waals surface area (Å²) in [5, 5.41) is 0.580.